The maximum atomic E-state index is 14.3. The second kappa shape index (κ2) is 5.85. The van der Waals surface area contributed by atoms with E-state index in [2.05, 4.69) is 0 Å². The monoisotopic (exact) mass is 336 g/mol. The smallest absolute Gasteiger partial charge is 0.231 e. The van der Waals surface area contributed by atoms with E-state index in [9.17, 15) is 4.57 Å². The number of benzene rings is 3. The number of rotatable bonds is 3. The Bertz CT molecular complexity index is 877. The van der Waals surface area contributed by atoms with Gasteiger partial charge >= 0.3 is 0 Å². The van der Waals surface area contributed by atoms with Gasteiger partial charge in [0, 0.05) is 15.9 Å². The zero-order valence-electron chi connectivity index (χ0n) is 13.3. The second-order valence-electron chi connectivity index (χ2n) is 5.78. The Balaban J connectivity index is 1.99. The maximum absolute atomic E-state index is 14.3. The molecular weight excluding hydrogens is 319 g/mol. The lowest BCUT2D eigenvalue weighted by Crippen LogP contribution is -2.25. The summed E-state index contributed by atoms with van der Waals surface area (Å²) in [4.78, 5) is 0. The van der Waals surface area contributed by atoms with Crippen molar-refractivity contribution < 1.29 is 14.0 Å². The first-order valence-electron chi connectivity index (χ1n) is 7.82. The molecular formula is C20H17O3P. The molecule has 3 aromatic rings. The average molecular weight is 336 g/mol. The highest BCUT2D eigenvalue weighted by molar-refractivity contribution is 7.85. The molecule has 3 nitrogen and oxygen atoms in total. The first kappa shape index (κ1) is 15.0. The van der Waals surface area contributed by atoms with Crippen LogP contribution in [0.4, 0.5) is 0 Å². The van der Waals surface area contributed by atoms with Gasteiger partial charge in [-0.1, -0.05) is 60.7 Å². The minimum atomic E-state index is -2.97. The van der Waals surface area contributed by atoms with Crippen molar-refractivity contribution in [1.29, 1.82) is 0 Å². The standard InChI is InChI=1S/C20H17O3P/c1-15-12-18(13-19-20(15)23-14-22-19)24(21,16-8-4-2-5-9-16)17-10-6-3-7-11-17/h2-13H,14H2,1H3. The summed E-state index contributed by atoms with van der Waals surface area (Å²) in [5.74, 6) is 1.41. The minimum absolute atomic E-state index is 0.209. The lowest BCUT2D eigenvalue weighted by molar-refractivity contribution is 0.173. The van der Waals surface area contributed by atoms with Crippen LogP contribution in [0.15, 0.2) is 72.8 Å². The van der Waals surface area contributed by atoms with E-state index in [4.69, 9.17) is 9.47 Å². The molecule has 0 N–H and O–H groups in total. The molecule has 0 saturated heterocycles. The van der Waals surface area contributed by atoms with E-state index in [1.807, 2.05) is 79.7 Å². The van der Waals surface area contributed by atoms with Crippen LogP contribution < -0.4 is 25.4 Å². The van der Waals surface area contributed by atoms with Crippen LogP contribution in [-0.2, 0) is 4.57 Å². The number of hydrogen-bond donors (Lipinski definition) is 0. The van der Waals surface area contributed by atoms with E-state index in [0.29, 0.717) is 5.75 Å². The van der Waals surface area contributed by atoms with Crippen molar-refractivity contribution in [2.45, 2.75) is 6.92 Å². The van der Waals surface area contributed by atoms with Gasteiger partial charge in [-0.2, -0.15) is 0 Å². The van der Waals surface area contributed by atoms with E-state index >= 15 is 0 Å². The lowest BCUT2D eigenvalue weighted by Gasteiger charge is -2.20. The second-order valence-corrected chi connectivity index (χ2v) is 8.54. The highest BCUT2D eigenvalue weighted by Crippen LogP contribution is 2.45. The Morgan fingerprint density at radius 1 is 0.792 bits per heavy atom. The average Bonchev–Trinajstić information content (AvgIpc) is 3.12. The zero-order valence-corrected chi connectivity index (χ0v) is 14.2. The molecule has 0 saturated carbocycles. The Labute approximate surface area is 141 Å². The third kappa shape index (κ3) is 2.33. The summed E-state index contributed by atoms with van der Waals surface area (Å²) in [6.45, 7) is 2.16. The Hall–Kier alpha value is -2.51. The van der Waals surface area contributed by atoms with Crippen molar-refractivity contribution in [1.82, 2.24) is 0 Å². The van der Waals surface area contributed by atoms with Crippen molar-refractivity contribution in [2.24, 2.45) is 0 Å². The minimum Gasteiger partial charge on any atom is -0.454 e. The van der Waals surface area contributed by atoms with Crippen LogP contribution in [0.2, 0.25) is 0 Å². The maximum Gasteiger partial charge on any atom is 0.231 e. The highest BCUT2D eigenvalue weighted by Gasteiger charge is 2.32. The number of aryl methyl sites for hydroxylation is 1. The lowest BCUT2D eigenvalue weighted by atomic mass is 10.2. The largest absolute Gasteiger partial charge is 0.454 e. The first-order chi connectivity index (χ1) is 11.7. The fourth-order valence-corrected chi connectivity index (χ4v) is 5.83. The molecule has 24 heavy (non-hydrogen) atoms. The molecule has 120 valence electrons. The van der Waals surface area contributed by atoms with Crippen LogP contribution in [0, 0.1) is 6.92 Å². The normalized spacial score (nSPS) is 13.0. The van der Waals surface area contributed by atoms with Crippen molar-refractivity contribution in [3.05, 3.63) is 78.4 Å². The van der Waals surface area contributed by atoms with Gasteiger partial charge in [0.1, 0.15) is 0 Å². The van der Waals surface area contributed by atoms with Gasteiger partial charge in [0.05, 0.1) is 0 Å². The quantitative estimate of drug-likeness (QED) is 0.688. The van der Waals surface area contributed by atoms with Crippen molar-refractivity contribution >= 4 is 23.1 Å². The van der Waals surface area contributed by atoms with Crippen LogP contribution in [0.25, 0.3) is 0 Å². The Morgan fingerprint density at radius 3 is 1.96 bits per heavy atom. The molecule has 0 spiro atoms. The molecule has 0 bridgehead atoms. The molecule has 0 aliphatic carbocycles. The molecule has 4 rings (SSSR count). The van der Waals surface area contributed by atoms with Crippen LogP contribution in [-0.4, -0.2) is 6.79 Å². The van der Waals surface area contributed by atoms with Gasteiger partial charge in [-0.25, -0.2) is 0 Å². The summed E-state index contributed by atoms with van der Waals surface area (Å²) in [5, 5.41) is 2.39. The zero-order chi connectivity index (χ0) is 16.6. The molecule has 1 heterocycles. The van der Waals surface area contributed by atoms with Crippen molar-refractivity contribution in [3.8, 4) is 11.5 Å². The summed E-state index contributed by atoms with van der Waals surface area (Å²) in [7, 11) is -2.97. The molecule has 0 fully saturated rings. The fourth-order valence-electron chi connectivity index (χ4n) is 3.07. The van der Waals surface area contributed by atoms with E-state index in [-0.39, 0.29) is 6.79 Å². The van der Waals surface area contributed by atoms with Crippen LogP contribution in [0.5, 0.6) is 11.5 Å². The van der Waals surface area contributed by atoms with Crippen LogP contribution in [0.1, 0.15) is 5.56 Å². The number of hydrogen-bond acceptors (Lipinski definition) is 3. The highest BCUT2D eigenvalue weighted by atomic mass is 31.2. The predicted octanol–water partition coefficient (Wildman–Crippen LogP) is 3.36. The molecule has 1 aliphatic rings. The van der Waals surface area contributed by atoms with Gasteiger partial charge in [-0.15, -0.1) is 0 Å². The third-order valence-electron chi connectivity index (χ3n) is 4.25. The Morgan fingerprint density at radius 2 is 1.38 bits per heavy atom. The molecule has 0 atom stereocenters. The Kier molecular flexibility index (Phi) is 3.66. The van der Waals surface area contributed by atoms with E-state index < -0.39 is 7.14 Å². The van der Waals surface area contributed by atoms with Gasteiger partial charge in [-0.05, 0) is 24.6 Å². The first-order valence-corrected chi connectivity index (χ1v) is 9.52. The molecule has 0 radical (unpaired) electrons. The van der Waals surface area contributed by atoms with Gasteiger partial charge in [0.2, 0.25) is 6.79 Å². The van der Waals surface area contributed by atoms with E-state index in [0.717, 1.165) is 27.2 Å². The van der Waals surface area contributed by atoms with Crippen molar-refractivity contribution in [3.63, 3.8) is 0 Å². The molecule has 4 heteroatoms. The van der Waals surface area contributed by atoms with E-state index in [1.54, 1.807) is 0 Å². The van der Waals surface area contributed by atoms with Gasteiger partial charge in [0.15, 0.2) is 18.6 Å². The fraction of sp³-hybridized carbons (Fsp3) is 0.100. The van der Waals surface area contributed by atoms with Crippen LogP contribution >= 0.6 is 7.14 Å². The SMILES string of the molecule is Cc1cc(P(=O)(c2ccccc2)c2ccccc2)cc2c1OCO2. The number of ether oxygens (including phenoxy) is 2. The molecule has 1 aliphatic heterocycles. The molecule has 0 aromatic heterocycles. The summed E-state index contributed by atoms with van der Waals surface area (Å²) >= 11 is 0. The van der Waals surface area contributed by atoms with E-state index in [1.165, 1.54) is 0 Å². The third-order valence-corrected chi connectivity index (χ3v) is 7.28. The molecule has 0 amide bonds. The summed E-state index contributed by atoms with van der Waals surface area (Å²) in [6, 6.07) is 23.1. The topological polar surface area (TPSA) is 35.5 Å². The summed E-state index contributed by atoms with van der Waals surface area (Å²) in [5.41, 5.74) is 0.937. The van der Waals surface area contributed by atoms with Crippen molar-refractivity contribution in [2.75, 3.05) is 6.79 Å². The molecule has 3 aromatic carbocycles. The van der Waals surface area contributed by atoms with Crippen LogP contribution in [0.3, 0.4) is 0 Å². The number of fused-ring (bicyclic) bond motifs is 1. The summed E-state index contributed by atoms with van der Waals surface area (Å²) < 4.78 is 25.3. The molecule has 0 unspecified atom stereocenters. The van der Waals surface area contributed by atoms with Gasteiger partial charge in [0.25, 0.3) is 0 Å². The summed E-state index contributed by atoms with van der Waals surface area (Å²) in [6.07, 6.45) is 0. The van der Waals surface area contributed by atoms with Gasteiger partial charge < -0.3 is 14.0 Å². The predicted molar refractivity (Wildman–Crippen MR) is 96.7 cm³/mol. The van der Waals surface area contributed by atoms with Gasteiger partial charge in [-0.3, -0.25) is 0 Å².